The monoisotopic (exact) mass is 208 g/mol. The summed E-state index contributed by atoms with van der Waals surface area (Å²) in [4.78, 5) is 14.4. The number of carbonyl (C=O) groups is 1. The summed E-state index contributed by atoms with van der Waals surface area (Å²) < 4.78 is 0. The minimum absolute atomic E-state index is 0.0682. The Hall–Kier alpha value is -1.29. The molecule has 15 heavy (non-hydrogen) atoms. The van der Waals surface area contributed by atoms with Gasteiger partial charge in [0.25, 0.3) is 5.91 Å². The minimum Gasteiger partial charge on any atom is -0.393 e. The average molecular weight is 208 g/mol. The second-order valence-corrected chi connectivity index (χ2v) is 4.13. The number of hydrogen-bond acceptors (Lipinski definition) is 2. The van der Waals surface area contributed by atoms with E-state index in [0.717, 1.165) is 19.3 Å². The lowest BCUT2D eigenvalue weighted by Crippen LogP contribution is -2.28. The summed E-state index contributed by atoms with van der Waals surface area (Å²) in [7, 11) is 0. The maximum Gasteiger partial charge on any atom is 0.267 e. The molecule has 3 N–H and O–H groups in total. The molecule has 4 nitrogen and oxygen atoms in total. The van der Waals surface area contributed by atoms with E-state index in [1.165, 1.54) is 0 Å². The lowest BCUT2D eigenvalue weighted by atomic mass is 10.1. The molecule has 0 saturated heterocycles. The van der Waals surface area contributed by atoms with Crippen LogP contribution in [0.4, 0.5) is 0 Å². The molecule has 1 saturated carbocycles. The van der Waals surface area contributed by atoms with E-state index in [-0.39, 0.29) is 12.0 Å². The molecule has 0 bridgehead atoms. The molecule has 1 aliphatic rings. The van der Waals surface area contributed by atoms with E-state index in [0.29, 0.717) is 18.2 Å². The van der Waals surface area contributed by atoms with E-state index in [2.05, 4.69) is 10.3 Å². The van der Waals surface area contributed by atoms with Crippen molar-refractivity contribution in [3.63, 3.8) is 0 Å². The number of amides is 1. The van der Waals surface area contributed by atoms with E-state index in [4.69, 9.17) is 0 Å². The van der Waals surface area contributed by atoms with Gasteiger partial charge in [-0.3, -0.25) is 4.79 Å². The molecule has 1 heterocycles. The van der Waals surface area contributed by atoms with E-state index in [1.807, 2.05) is 0 Å². The molecule has 2 atom stereocenters. The normalized spacial score (nSPS) is 25.4. The SMILES string of the molecule is O=C(NCC1CCC(O)C1)c1ccc[nH]1. The maximum atomic E-state index is 11.5. The Morgan fingerprint density at radius 1 is 1.60 bits per heavy atom. The summed E-state index contributed by atoms with van der Waals surface area (Å²) in [6.45, 7) is 0.662. The Morgan fingerprint density at radius 2 is 2.47 bits per heavy atom. The molecule has 1 aromatic rings. The number of rotatable bonds is 3. The van der Waals surface area contributed by atoms with Crippen LogP contribution in [0.1, 0.15) is 29.8 Å². The van der Waals surface area contributed by atoms with Crippen LogP contribution in [0.5, 0.6) is 0 Å². The smallest absolute Gasteiger partial charge is 0.267 e. The van der Waals surface area contributed by atoms with Crippen LogP contribution < -0.4 is 5.32 Å². The third-order valence-electron chi connectivity index (χ3n) is 2.91. The van der Waals surface area contributed by atoms with Crippen molar-refractivity contribution < 1.29 is 9.90 Å². The fraction of sp³-hybridized carbons (Fsp3) is 0.545. The highest BCUT2D eigenvalue weighted by Gasteiger charge is 2.23. The molecule has 0 radical (unpaired) electrons. The highest BCUT2D eigenvalue weighted by Crippen LogP contribution is 2.24. The fourth-order valence-corrected chi connectivity index (χ4v) is 2.04. The number of carbonyl (C=O) groups excluding carboxylic acids is 1. The highest BCUT2D eigenvalue weighted by atomic mass is 16.3. The molecule has 82 valence electrons. The summed E-state index contributed by atoms with van der Waals surface area (Å²) in [5.41, 5.74) is 0.591. The van der Waals surface area contributed by atoms with Crippen molar-refractivity contribution in [1.82, 2.24) is 10.3 Å². The van der Waals surface area contributed by atoms with Crippen molar-refractivity contribution >= 4 is 5.91 Å². The van der Waals surface area contributed by atoms with Gasteiger partial charge in [0, 0.05) is 12.7 Å². The van der Waals surface area contributed by atoms with Gasteiger partial charge in [0.15, 0.2) is 0 Å². The van der Waals surface area contributed by atoms with Gasteiger partial charge in [0.1, 0.15) is 5.69 Å². The van der Waals surface area contributed by atoms with Crippen molar-refractivity contribution in [1.29, 1.82) is 0 Å². The van der Waals surface area contributed by atoms with Crippen LogP contribution in [0.15, 0.2) is 18.3 Å². The lowest BCUT2D eigenvalue weighted by molar-refractivity contribution is 0.0940. The topological polar surface area (TPSA) is 65.1 Å². The predicted octanol–water partition coefficient (Wildman–Crippen LogP) is 0.905. The van der Waals surface area contributed by atoms with Gasteiger partial charge < -0.3 is 15.4 Å². The van der Waals surface area contributed by atoms with Gasteiger partial charge in [0.05, 0.1) is 6.10 Å². The molecule has 0 aliphatic heterocycles. The molecule has 4 heteroatoms. The van der Waals surface area contributed by atoms with E-state index < -0.39 is 0 Å². The van der Waals surface area contributed by atoms with Crippen LogP contribution in [0.3, 0.4) is 0 Å². The van der Waals surface area contributed by atoms with Crippen LogP contribution in [0.25, 0.3) is 0 Å². The Kier molecular flexibility index (Phi) is 3.06. The van der Waals surface area contributed by atoms with Crippen molar-refractivity contribution in [2.75, 3.05) is 6.54 Å². The summed E-state index contributed by atoms with van der Waals surface area (Å²) in [5.74, 6) is 0.361. The van der Waals surface area contributed by atoms with Gasteiger partial charge in [-0.2, -0.15) is 0 Å². The van der Waals surface area contributed by atoms with Crippen LogP contribution in [0, 0.1) is 5.92 Å². The summed E-state index contributed by atoms with van der Waals surface area (Å²) in [5, 5.41) is 12.2. The third-order valence-corrected chi connectivity index (χ3v) is 2.91. The zero-order valence-electron chi connectivity index (χ0n) is 8.57. The molecular formula is C11H16N2O2. The van der Waals surface area contributed by atoms with Crippen LogP contribution in [0.2, 0.25) is 0 Å². The van der Waals surface area contributed by atoms with Crippen LogP contribution in [-0.4, -0.2) is 28.6 Å². The van der Waals surface area contributed by atoms with Gasteiger partial charge in [-0.05, 0) is 37.3 Å². The number of aliphatic hydroxyl groups excluding tert-OH is 1. The molecule has 0 spiro atoms. The van der Waals surface area contributed by atoms with Crippen molar-refractivity contribution in [2.45, 2.75) is 25.4 Å². The predicted molar refractivity (Wildman–Crippen MR) is 56.5 cm³/mol. The zero-order chi connectivity index (χ0) is 10.7. The first-order valence-electron chi connectivity index (χ1n) is 5.35. The minimum atomic E-state index is -0.169. The van der Waals surface area contributed by atoms with Crippen molar-refractivity contribution in [3.8, 4) is 0 Å². The maximum absolute atomic E-state index is 11.5. The summed E-state index contributed by atoms with van der Waals surface area (Å²) in [6.07, 6.45) is 4.24. The third kappa shape index (κ3) is 2.59. The fourth-order valence-electron chi connectivity index (χ4n) is 2.04. The first kappa shape index (κ1) is 10.2. The molecule has 0 aromatic carbocycles. The Bertz CT molecular complexity index is 321. The summed E-state index contributed by atoms with van der Waals surface area (Å²) >= 11 is 0. The number of aliphatic hydroxyl groups is 1. The lowest BCUT2D eigenvalue weighted by Gasteiger charge is -2.09. The number of H-pyrrole nitrogens is 1. The standard InChI is InChI=1S/C11H16N2O2/c14-9-4-3-8(6-9)7-13-11(15)10-2-1-5-12-10/h1-2,5,8-9,12,14H,3-4,6-7H2,(H,13,15). The zero-order valence-corrected chi connectivity index (χ0v) is 8.57. The van der Waals surface area contributed by atoms with Gasteiger partial charge in [0.2, 0.25) is 0 Å². The molecule has 1 fully saturated rings. The van der Waals surface area contributed by atoms with E-state index >= 15 is 0 Å². The summed E-state index contributed by atoms with van der Waals surface area (Å²) in [6, 6.07) is 3.55. The molecule has 1 amide bonds. The second kappa shape index (κ2) is 4.49. The first-order chi connectivity index (χ1) is 7.25. The molecular weight excluding hydrogens is 192 g/mol. The van der Waals surface area contributed by atoms with Crippen molar-refractivity contribution in [2.24, 2.45) is 5.92 Å². The average Bonchev–Trinajstić information content (AvgIpc) is 2.84. The van der Waals surface area contributed by atoms with Gasteiger partial charge >= 0.3 is 0 Å². The van der Waals surface area contributed by atoms with Crippen LogP contribution in [-0.2, 0) is 0 Å². The Morgan fingerprint density at radius 3 is 3.07 bits per heavy atom. The van der Waals surface area contributed by atoms with Gasteiger partial charge in [-0.25, -0.2) is 0 Å². The second-order valence-electron chi connectivity index (χ2n) is 4.13. The van der Waals surface area contributed by atoms with Crippen molar-refractivity contribution in [3.05, 3.63) is 24.0 Å². The number of hydrogen-bond donors (Lipinski definition) is 3. The number of aromatic amines is 1. The Labute approximate surface area is 88.7 Å². The molecule has 2 unspecified atom stereocenters. The molecule has 1 aliphatic carbocycles. The van der Waals surface area contributed by atoms with Crippen LogP contribution >= 0.6 is 0 Å². The number of nitrogens with one attached hydrogen (secondary N) is 2. The van der Waals surface area contributed by atoms with E-state index in [9.17, 15) is 9.90 Å². The quantitative estimate of drug-likeness (QED) is 0.691. The highest BCUT2D eigenvalue weighted by molar-refractivity contribution is 5.92. The Balaban J connectivity index is 1.76. The number of aromatic nitrogens is 1. The van der Waals surface area contributed by atoms with Gasteiger partial charge in [-0.15, -0.1) is 0 Å². The molecule has 2 rings (SSSR count). The first-order valence-corrected chi connectivity index (χ1v) is 5.35. The largest absolute Gasteiger partial charge is 0.393 e. The van der Waals surface area contributed by atoms with E-state index in [1.54, 1.807) is 18.3 Å². The van der Waals surface area contributed by atoms with Gasteiger partial charge in [-0.1, -0.05) is 0 Å². The molecule has 1 aromatic heterocycles.